The third-order valence-electron chi connectivity index (χ3n) is 12.9. The molecule has 0 atom stereocenters. The van der Waals surface area contributed by atoms with Crippen molar-refractivity contribution in [1.82, 2.24) is 0 Å². The van der Waals surface area contributed by atoms with Crippen molar-refractivity contribution in [2.24, 2.45) is 0 Å². The molecule has 3 heterocycles. The van der Waals surface area contributed by atoms with Crippen molar-refractivity contribution < 1.29 is 27.9 Å². The molecule has 1 saturated heterocycles. The van der Waals surface area contributed by atoms with Crippen molar-refractivity contribution in [3.8, 4) is 17.2 Å². The van der Waals surface area contributed by atoms with Gasteiger partial charge in [0.25, 0.3) is 16.6 Å². The first-order chi connectivity index (χ1) is 27.6. The molecule has 0 saturated carbocycles. The number of piperidine rings is 1. The highest BCUT2D eigenvalue weighted by atomic mass is 79.9. The quantitative estimate of drug-likeness (QED) is 0.111. The van der Waals surface area contributed by atoms with Gasteiger partial charge in [-0.25, -0.2) is 0 Å². The van der Waals surface area contributed by atoms with Crippen LogP contribution >= 0.6 is 31.9 Å². The van der Waals surface area contributed by atoms with Gasteiger partial charge in [-0.2, -0.15) is 0 Å². The number of halogens is 2. The molecule has 322 valence electrons. The van der Waals surface area contributed by atoms with Crippen LogP contribution < -0.4 is 23.9 Å². The van der Waals surface area contributed by atoms with E-state index in [2.05, 4.69) is 115 Å². The molecule has 0 unspecified atom stereocenters. The van der Waals surface area contributed by atoms with Crippen LogP contribution in [0.25, 0.3) is 11.0 Å². The zero-order valence-electron chi connectivity index (χ0n) is 37.0. The van der Waals surface area contributed by atoms with Crippen molar-refractivity contribution >= 4 is 70.9 Å². The van der Waals surface area contributed by atoms with Gasteiger partial charge in [0.15, 0.2) is 9.02 Å². The van der Waals surface area contributed by atoms with Gasteiger partial charge in [0.1, 0.15) is 41.4 Å². The van der Waals surface area contributed by atoms with Crippen molar-refractivity contribution in [1.29, 1.82) is 0 Å². The number of hydrogen-bond donors (Lipinski definition) is 1. The summed E-state index contributed by atoms with van der Waals surface area (Å²) in [6.45, 7) is 28.6. The van der Waals surface area contributed by atoms with Crippen molar-refractivity contribution in [3.05, 3.63) is 94.3 Å². The summed E-state index contributed by atoms with van der Waals surface area (Å²) < 4.78 is 24.4. The van der Waals surface area contributed by atoms with Crippen LogP contribution in [0.15, 0.2) is 82.2 Å². The fourth-order valence-electron chi connectivity index (χ4n) is 9.95. The summed E-state index contributed by atoms with van der Waals surface area (Å²) >= 11 is 6.74. The number of fused-ring (bicyclic) bond motifs is 2. The van der Waals surface area contributed by atoms with Crippen LogP contribution in [0.5, 0.6) is 17.2 Å². The van der Waals surface area contributed by atoms with E-state index in [9.17, 15) is 14.7 Å². The van der Waals surface area contributed by atoms with Gasteiger partial charge in [-0.1, -0.05) is 145 Å². The molecule has 0 radical (unpaired) electrons. The second kappa shape index (κ2) is 18.6. The third kappa shape index (κ3) is 9.47. The molecule has 6 rings (SSSR count). The highest BCUT2D eigenvalue weighted by molar-refractivity contribution is 9.26. The van der Waals surface area contributed by atoms with E-state index in [0.717, 1.165) is 17.1 Å². The summed E-state index contributed by atoms with van der Waals surface area (Å²) in [4.78, 5) is 27.9. The van der Waals surface area contributed by atoms with Gasteiger partial charge in [0.2, 0.25) is 5.43 Å². The van der Waals surface area contributed by atoms with Gasteiger partial charge in [-0.15, -0.1) is 0 Å². The van der Waals surface area contributed by atoms with Gasteiger partial charge < -0.3 is 28.0 Å². The number of ether oxygens (including phenoxy) is 1. The molecule has 12 heteroatoms. The Kier molecular flexibility index (Phi) is 14.9. The molecule has 0 aliphatic carbocycles. The molecule has 59 heavy (non-hydrogen) atoms. The molecule has 2 aliphatic rings. The Morgan fingerprint density at radius 1 is 0.695 bits per heavy atom. The molecule has 2 aliphatic heterocycles. The fourth-order valence-corrected chi connectivity index (χ4v) is 21.1. The standard InChI is InChI=1S/C29H39NO4Si.C18H26Br2O3Si/c1-20(2)35(21(3)4,22(5)6)34-24-12-13-25-27(18-24)33-19-26(28(25)31)30-16-14-29(32,15-17-30)23-10-8-7-9-11-23;1-11(2)24(12(3)4,13(5)6)23-14-7-8-15-16(9-14)22-10-18(19,20)17(15)21/h7-13,18-22,32H,14-17H2,1-6H3;7-9,11-13H,10H2,1-6H3. The van der Waals surface area contributed by atoms with Crippen molar-refractivity contribution in [3.63, 3.8) is 0 Å². The van der Waals surface area contributed by atoms with Crippen LogP contribution in [0.4, 0.5) is 5.69 Å². The smallest absolute Gasteiger partial charge is 0.258 e. The average Bonchev–Trinajstić information content (AvgIpc) is 3.18. The molecular weight excluding hydrogens is 906 g/mol. The first-order valence-corrected chi connectivity index (χ1v) is 27.1. The minimum atomic E-state index is -2.10. The average molecular weight is 972 g/mol. The first kappa shape index (κ1) is 47.1. The van der Waals surface area contributed by atoms with E-state index in [1.165, 1.54) is 0 Å². The molecule has 1 aromatic heterocycles. The Balaban J connectivity index is 0.000000241. The molecule has 4 aromatic rings. The minimum Gasteiger partial charge on any atom is -0.543 e. The molecule has 1 fully saturated rings. The molecule has 0 spiro atoms. The van der Waals surface area contributed by atoms with Gasteiger partial charge in [-0.05, 0) is 75.9 Å². The van der Waals surface area contributed by atoms with Gasteiger partial charge >= 0.3 is 0 Å². The van der Waals surface area contributed by atoms with E-state index >= 15 is 0 Å². The van der Waals surface area contributed by atoms with Crippen LogP contribution in [0.1, 0.15) is 112 Å². The number of anilines is 1. The lowest BCUT2D eigenvalue weighted by molar-refractivity contribution is 0.0117. The number of hydrogen-bond acceptors (Lipinski definition) is 8. The number of rotatable bonds is 12. The summed E-state index contributed by atoms with van der Waals surface area (Å²) in [7, 11) is -4.12. The number of carbonyl (C=O) groups is 1. The SMILES string of the molecule is CC(C)[Si](Oc1ccc2c(=O)c(N3CCC(O)(c4ccccc4)CC3)coc2c1)(C(C)C)C(C)C.CC(C)[Si](Oc1ccc2c(c1)OCC(Br)(Br)C2=O)(C(C)C)C(C)C. The summed E-state index contributed by atoms with van der Waals surface area (Å²) in [5.74, 6) is 2.17. The Morgan fingerprint density at radius 3 is 1.69 bits per heavy atom. The molecule has 8 nitrogen and oxygen atoms in total. The number of benzene rings is 3. The predicted octanol–water partition coefficient (Wildman–Crippen LogP) is 13.1. The highest BCUT2D eigenvalue weighted by Crippen LogP contribution is 2.46. The second-order valence-electron chi connectivity index (χ2n) is 18.3. The number of carbonyl (C=O) groups excluding carboxylic acids is 1. The molecular formula is C47H65Br2NO7Si2. The Hall–Kier alpha value is -2.91. The van der Waals surface area contributed by atoms with Crippen LogP contribution in [0.3, 0.4) is 0 Å². The second-order valence-corrected chi connectivity index (χ2v) is 32.8. The Morgan fingerprint density at radius 2 is 1.19 bits per heavy atom. The van der Waals surface area contributed by atoms with Crippen molar-refractivity contribution in [2.45, 2.75) is 138 Å². The van der Waals surface area contributed by atoms with E-state index in [4.69, 9.17) is 18.0 Å². The zero-order valence-corrected chi connectivity index (χ0v) is 42.2. The summed E-state index contributed by atoms with van der Waals surface area (Å²) in [5.41, 5.74) is 4.57. The first-order valence-electron chi connectivity index (χ1n) is 21.3. The maximum atomic E-state index is 13.4. The van der Waals surface area contributed by atoms with Crippen LogP contribution in [-0.4, -0.2) is 50.5 Å². The fraction of sp³-hybridized carbons (Fsp3) is 0.532. The number of ketones is 1. The van der Waals surface area contributed by atoms with Crippen LogP contribution in [0, 0.1) is 0 Å². The van der Waals surface area contributed by atoms with E-state index in [-0.39, 0.29) is 17.8 Å². The van der Waals surface area contributed by atoms with E-state index in [0.29, 0.717) is 87.1 Å². The summed E-state index contributed by atoms with van der Waals surface area (Å²) in [5, 5.41) is 11.7. The van der Waals surface area contributed by atoms with Crippen LogP contribution in [-0.2, 0) is 5.60 Å². The largest absolute Gasteiger partial charge is 0.543 e. The zero-order chi connectivity index (χ0) is 43.7. The lowest BCUT2D eigenvalue weighted by atomic mass is 9.84. The third-order valence-corrected chi connectivity index (χ3v) is 26.1. The van der Waals surface area contributed by atoms with E-state index in [1.54, 1.807) is 6.26 Å². The number of alkyl halides is 2. The predicted molar refractivity (Wildman–Crippen MR) is 254 cm³/mol. The molecule has 0 bridgehead atoms. The molecule has 1 N–H and O–H groups in total. The lowest BCUT2D eigenvalue weighted by Gasteiger charge is -2.42. The monoisotopic (exact) mass is 969 g/mol. The minimum absolute atomic E-state index is 0.0182. The Bertz CT molecular complexity index is 2080. The van der Waals surface area contributed by atoms with Crippen molar-refractivity contribution in [2.75, 3.05) is 24.6 Å². The van der Waals surface area contributed by atoms with Gasteiger partial charge in [0, 0.05) is 25.2 Å². The molecule has 0 amide bonds. The highest BCUT2D eigenvalue weighted by Gasteiger charge is 2.48. The maximum Gasteiger partial charge on any atom is 0.258 e. The normalized spacial score (nSPS) is 16.8. The maximum absolute atomic E-state index is 13.4. The number of Topliss-reactive ketones (excluding diaryl/α,β-unsaturated/α-hetero) is 1. The number of aliphatic hydroxyl groups is 1. The van der Waals surface area contributed by atoms with E-state index in [1.807, 2.05) is 71.6 Å². The Labute approximate surface area is 370 Å². The topological polar surface area (TPSA) is 98.4 Å². The summed E-state index contributed by atoms with van der Waals surface area (Å²) in [6.07, 6.45) is 2.69. The summed E-state index contributed by atoms with van der Waals surface area (Å²) in [6, 6.07) is 21.0. The molecule has 3 aromatic carbocycles. The van der Waals surface area contributed by atoms with E-state index < -0.39 is 25.5 Å². The lowest BCUT2D eigenvalue weighted by Crippen LogP contribution is -2.50. The van der Waals surface area contributed by atoms with Crippen LogP contribution in [0.2, 0.25) is 33.2 Å². The van der Waals surface area contributed by atoms with Gasteiger partial charge in [0.05, 0.1) is 16.6 Å². The van der Waals surface area contributed by atoms with Gasteiger partial charge in [-0.3, -0.25) is 9.59 Å². The number of nitrogens with zero attached hydrogens (tertiary/aromatic N) is 1.